The highest BCUT2D eigenvalue weighted by molar-refractivity contribution is 7.87. The molecule has 0 amide bonds. The largest absolute Gasteiger partial charge is 0.395 e. The van der Waals surface area contributed by atoms with Crippen molar-refractivity contribution < 1.29 is 13.5 Å². The number of rotatable bonds is 3. The third-order valence-corrected chi connectivity index (χ3v) is 4.25. The lowest BCUT2D eigenvalue weighted by molar-refractivity contribution is 0.211. The fourth-order valence-corrected chi connectivity index (χ4v) is 3.58. The summed E-state index contributed by atoms with van der Waals surface area (Å²) in [6.45, 7) is 5.79. The average Bonchev–Trinajstić information content (AvgIpc) is 2.46. The summed E-state index contributed by atoms with van der Waals surface area (Å²) in [5, 5.41) is 9.06. The molecule has 1 unspecified atom stereocenters. The molecule has 0 aromatic heterocycles. The molecular formula is C9H20N2O3S. The quantitative estimate of drug-likeness (QED) is 0.729. The molecule has 0 aliphatic carbocycles. The van der Waals surface area contributed by atoms with Gasteiger partial charge in [-0.1, -0.05) is 0 Å². The van der Waals surface area contributed by atoms with Gasteiger partial charge in [0.2, 0.25) is 0 Å². The fraction of sp³-hybridized carbons (Fsp3) is 1.00. The molecule has 6 heteroatoms. The first-order chi connectivity index (χ1) is 6.76. The first-order valence-electron chi connectivity index (χ1n) is 5.18. The minimum atomic E-state index is -3.46. The third-order valence-electron chi connectivity index (χ3n) is 2.28. The zero-order valence-corrected chi connectivity index (χ0v) is 10.3. The van der Waals surface area contributed by atoms with Crippen LogP contribution in [0.5, 0.6) is 0 Å². The maximum atomic E-state index is 11.9. The number of nitrogens with zero attached hydrogens (tertiary/aromatic N) is 1. The smallest absolute Gasteiger partial charge is 0.280 e. The first kappa shape index (κ1) is 12.9. The van der Waals surface area contributed by atoms with Crippen LogP contribution in [-0.2, 0) is 10.2 Å². The molecule has 1 fully saturated rings. The molecule has 0 spiro atoms. The van der Waals surface area contributed by atoms with Gasteiger partial charge in [-0.05, 0) is 33.6 Å². The third kappa shape index (κ3) is 3.41. The molecule has 1 heterocycles. The molecule has 0 radical (unpaired) electrons. The lowest BCUT2D eigenvalue weighted by Gasteiger charge is -2.28. The van der Waals surface area contributed by atoms with E-state index in [2.05, 4.69) is 4.72 Å². The zero-order valence-electron chi connectivity index (χ0n) is 9.52. The highest BCUT2D eigenvalue weighted by atomic mass is 32.2. The Morgan fingerprint density at radius 3 is 2.53 bits per heavy atom. The van der Waals surface area contributed by atoms with Gasteiger partial charge in [-0.3, -0.25) is 0 Å². The van der Waals surface area contributed by atoms with Crippen molar-refractivity contribution >= 4 is 10.2 Å². The molecule has 0 aromatic rings. The molecule has 1 aliphatic heterocycles. The van der Waals surface area contributed by atoms with Crippen molar-refractivity contribution in [3.8, 4) is 0 Å². The molecule has 0 aromatic carbocycles. The van der Waals surface area contributed by atoms with Gasteiger partial charge in [0.25, 0.3) is 10.2 Å². The number of aliphatic hydroxyl groups excluding tert-OH is 1. The van der Waals surface area contributed by atoms with Gasteiger partial charge in [-0.15, -0.1) is 0 Å². The van der Waals surface area contributed by atoms with E-state index in [0.717, 1.165) is 12.8 Å². The molecule has 90 valence electrons. The lowest BCUT2D eigenvalue weighted by atomic mass is 10.1. The predicted octanol–water partition coefficient (Wildman–Crippen LogP) is 0.0760. The minimum absolute atomic E-state index is 0.106. The van der Waals surface area contributed by atoms with Crippen LogP contribution in [0.15, 0.2) is 0 Å². The molecule has 2 N–H and O–H groups in total. The molecule has 0 saturated carbocycles. The molecule has 1 atom stereocenters. The van der Waals surface area contributed by atoms with Crippen molar-refractivity contribution in [2.45, 2.75) is 45.2 Å². The molecular weight excluding hydrogens is 216 g/mol. The van der Waals surface area contributed by atoms with Crippen LogP contribution in [-0.4, -0.2) is 42.6 Å². The summed E-state index contributed by atoms with van der Waals surface area (Å²) < 4.78 is 27.8. The van der Waals surface area contributed by atoms with Gasteiger partial charge in [0.1, 0.15) is 0 Å². The lowest BCUT2D eigenvalue weighted by Crippen LogP contribution is -2.51. The first-order valence-corrected chi connectivity index (χ1v) is 6.62. The van der Waals surface area contributed by atoms with Gasteiger partial charge in [0.15, 0.2) is 0 Å². The summed E-state index contributed by atoms with van der Waals surface area (Å²) in [4.78, 5) is 0. The SMILES string of the molecule is CC(C)(C)NS(=O)(=O)N1CCCC1CO. The summed E-state index contributed by atoms with van der Waals surface area (Å²) in [5.41, 5.74) is -0.485. The number of hydrogen-bond donors (Lipinski definition) is 2. The van der Waals surface area contributed by atoms with Crippen LogP contribution in [0.4, 0.5) is 0 Å². The van der Waals surface area contributed by atoms with E-state index in [0.29, 0.717) is 6.54 Å². The Balaban J connectivity index is 2.77. The van der Waals surface area contributed by atoms with Gasteiger partial charge < -0.3 is 5.11 Å². The second-order valence-electron chi connectivity index (χ2n) is 4.95. The summed E-state index contributed by atoms with van der Waals surface area (Å²) in [7, 11) is -3.46. The monoisotopic (exact) mass is 236 g/mol. The second-order valence-corrected chi connectivity index (χ2v) is 6.57. The van der Waals surface area contributed by atoms with Gasteiger partial charge >= 0.3 is 0 Å². The maximum Gasteiger partial charge on any atom is 0.280 e. The van der Waals surface area contributed by atoms with Crippen LogP contribution in [0.1, 0.15) is 33.6 Å². The molecule has 0 bridgehead atoms. The van der Waals surface area contributed by atoms with Gasteiger partial charge in [0, 0.05) is 18.1 Å². The van der Waals surface area contributed by atoms with Crippen molar-refractivity contribution in [1.29, 1.82) is 0 Å². The summed E-state index contributed by atoms with van der Waals surface area (Å²) in [6, 6.07) is -0.259. The van der Waals surface area contributed by atoms with Gasteiger partial charge in [0.05, 0.1) is 6.61 Å². The predicted molar refractivity (Wildman–Crippen MR) is 58.6 cm³/mol. The van der Waals surface area contributed by atoms with E-state index >= 15 is 0 Å². The Bertz CT molecular complexity index is 308. The van der Waals surface area contributed by atoms with Crippen molar-refractivity contribution in [1.82, 2.24) is 9.03 Å². The average molecular weight is 236 g/mol. The van der Waals surface area contributed by atoms with E-state index in [9.17, 15) is 8.42 Å². The topological polar surface area (TPSA) is 69.6 Å². The normalized spacial score (nSPS) is 24.7. The van der Waals surface area contributed by atoms with Crippen LogP contribution in [0.25, 0.3) is 0 Å². The van der Waals surface area contributed by atoms with E-state index in [4.69, 9.17) is 5.11 Å². The highest BCUT2D eigenvalue weighted by Crippen LogP contribution is 2.20. The van der Waals surface area contributed by atoms with E-state index in [1.54, 1.807) is 20.8 Å². The molecule has 5 nitrogen and oxygen atoms in total. The molecule has 1 rings (SSSR count). The Kier molecular flexibility index (Phi) is 3.76. The molecule has 1 aliphatic rings. The Hall–Kier alpha value is -0.170. The highest BCUT2D eigenvalue weighted by Gasteiger charge is 2.35. The standard InChI is InChI=1S/C9H20N2O3S/c1-9(2,3)10-15(13,14)11-6-4-5-8(11)7-12/h8,10,12H,4-7H2,1-3H3. The van der Waals surface area contributed by atoms with Gasteiger partial charge in [-0.25, -0.2) is 0 Å². The van der Waals surface area contributed by atoms with E-state index < -0.39 is 15.7 Å². The van der Waals surface area contributed by atoms with E-state index in [1.807, 2.05) is 0 Å². The van der Waals surface area contributed by atoms with Crippen molar-refractivity contribution in [3.63, 3.8) is 0 Å². The number of nitrogens with one attached hydrogen (secondary N) is 1. The van der Waals surface area contributed by atoms with Crippen LogP contribution >= 0.6 is 0 Å². The number of aliphatic hydroxyl groups is 1. The van der Waals surface area contributed by atoms with E-state index in [-0.39, 0.29) is 12.6 Å². The summed E-state index contributed by atoms with van der Waals surface area (Å²) >= 11 is 0. The Morgan fingerprint density at radius 1 is 1.47 bits per heavy atom. The summed E-state index contributed by atoms with van der Waals surface area (Å²) in [5.74, 6) is 0. The van der Waals surface area contributed by atoms with Crippen LogP contribution < -0.4 is 4.72 Å². The molecule has 15 heavy (non-hydrogen) atoms. The Morgan fingerprint density at radius 2 is 2.07 bits per heavy atom. The maximum absolute atomic E-state index is 11.9. The van der Waals surface area contributed by atoms with Crippen LogP contribution in [0.2, 0.25) is 0 Å². The van der Waals surface area contributed by atoms with Crippen molar-refractivity contribution in [3.05, 3.63) is 0 Å². The van der Waals surface area contributed by atoms with Gasteiger partial charge in [-0.2, -0.15) is 17.4 Å². The van der Waals surface area contributed by atoms with E-state index in [1.165, 1.54) is 4.31 Å². The number of hydrogen-bond acceptors (Lipinski definition) is 3. The second kappa shape index (κ2) is 4.37. The molecule has 1 saturated heterocycles. The van der Waals surface area contributed by atoms with Crippen molar-refractivity contribution in [2.75, 3.05) is 13.2 Å². The fourth-order valence-electron chi connectivity index (χ4n) is 1.75. The Labute approximate surface area is 91.7 Å². The zero-order chi connectivity index (χ0) is 11.7. The van der Waals surface area contributed by atoms with Crippen molar-refractivity contribution in [2.24, 2.45) is 0 Å². The van der Waals surface area contributed by atoms with Crippen LogP contribution in [0.3, 0.4) is 0 Å². The van der Waals surface area contributed by atoms with Crippen LogP contribution in [0, 0.1) is 0 Å². The summed E-state index contributed by atoms with van der Waals surface area (Å²) in [6.07, 6.45) is 1.55. The minimum Gasteiger partial charge on any atom is -0.395 e.